The van der Waals surface area contributed by atoms with E-state index in [9.17, 15) is 4.79 Å². The molecule has 0 fully saturated rings. The van der Waals surface area contributed by atoms with Gasteiger partial charge in [-0.15, -0.1) is 0 Å². The van der Waals surface area contributed by atoms with Gasteiger partial charge >= 0.3 is 6.16 Å². The molecule has 1 aromatic carbocycles. The number of benzene rings is 1. The number of rotatable bonds is 3. The van der Waals surface area contributed by atoms with Gasteiger partial charge in [-0.2, -0.15) is 0 Å². The Morgan fingerprint density at radius 2 is 1.84 bits per heavy atom. The van der Waals surface area contributed by atoms with Crippen LogP contribution in [0.5, 0.6) is 17.4 Å². The van der Waals surface area contributed by atoms with Gasteiger partial charge < -0.3 is 23.5 Å². The molecule has 0 aliphatic rings. The first-order valence-electron chi connectivity index (χ1n) is 5.58. The van der Waals surface area contributed by atoms with Crippen LogP contribution in [0.4, 0.5) is 4.79 Å². The van der Waals surface area contributed by atoms with Crippen LogP contribution in [0.25, 0.3) is 10.9 Å². The standard InChI is InChI=1S/C13H15NO5/c1-14-10-5-8(16-2)6-11(17-3)9(10)7-12(14)19-13(15)18-4/h5-7H,1-4H3. The number of nitrogens with zero attached hydrogens (tertiary/aromatic N) is 1. The van der Waals surface area contributed by atoms with Crippen LogP contribution >= 0.6 is 0 Å². The lowest BCUT2D eigenvalue weighted by atomic mass is 10.2. The van der Waals surface area contributed by atoms with Crippen LogP contribution in [0.3, 0.4) is 0 Å². The zero-order valence-electron chi connectivity index (χ0n) is 11.2. The van der Waals surface area contributed by atoms with Crippen molar-refractivity contribution in [2.75, 3.05) is 21.3 Å². The Morgan fingerprint density at radius 1 is 1.11 bits per heavy atom. The molecule has 0 unspecified atom stereocenters. The Balaban J connectivity index is 2.58. The summed E-state index contributed by atoms with van der Waals surface area (Å²) in [4.78, 5) is 11.2. The number of hydrogen-bond acceptors (Lipinski definition) is 5. The molecule has 0 aliphatic carbocycles. The van der Waals surface area contributed by atoms with E-state index in [4.69, 9.17) is 14.2 Å². The highest BCUT2D eigenvalue weighted by atomic mass is 16.7. The van der Waals surface area contributed by atoms with Crippen LogP contribution in [0.2, 0.25) is 0 Å². The van der Waals surface area contributed by atoms with E-state index in [0.717, 1.165) is 10.9 Å². The fraction of sp³-hybridized carbons (Fsp3) is 0.308. The number of fused-ring (bicyclic) bond motifs is 1. The van der Waals surface area contributed by atoms with Crippen molar-refractivity contribution in [2.45, 2.75) is 0 Å². The fourth-order valence-electron chi connectivity index (χ4n) is 1.86. The van der Waals surface area contributed by atoms with E-state index in [1.807, 2.05) is 6.07 Å². The molecule has 2 rings (SSSR count). The lowest BCUT2D eigenvalue weighted by Gasteiger charge is -2.07. The number of aryl methyl sites for hydroxylation is 1. The van der Waals surface area contributed by atoms with Crippen molar-refractivity contribution in [3.63, 3.8) is 0 Å². The molecule has 6 heteroatoms. The van der Waals surface area contributed by atoms with E-state index in [1.54, 1.807) is 38.0 Å². The number of ether oxygens (including phenoxy) is 4. The summed E-state index contributed by atoms with van der Waals surface area (Å²) in [6.45, 7) is 0. The molecular weight excluding hydrogens is 250 g/mol. The second-order valence-electron chi connectivity index (χ2n) is 3.86. The molecule has 0 saturated carbocycles. The summed E-state index contributed by atoms with van der Waals surface area (Å²) < 4.78 is 21.8. The Hall–Kier alpha value is -2.37. The van der Waals surface area contributed by atoms with Crippen LogP contribution in [-0.2, 0) is 11.8 Å². The molecule has 0 radical (unpaired) electrons. The molecule has 0 atom stereocenters. The van der Waals surface area contributed by atoms with Crippen LogP contribution in [-0.4, -0.2) is 32.1 Å². The number of methoxy groups -OCH3 is 3. The maximum absolute atomic E-state index is 11.2. The maximum Gasteiger partial charge on any atom is 0.514 e. The Kier molecular flexibility index (Phi) is 3.50. The van der Waals surface area contributed by atoms with Gasteiger partial charge in [0, 0.05) is 30.6 Å². The van der Waals surface area contributed by atoms with Crippen molar-refractivity contribution in [1.82, 2.24) is 4.57 Å². The van der Waals surface area contributed by atoms with Crippen LogP contribution in [0.15, 0.2) is 18.2 Å². The van der Waals surface area contributed by atoms with Gasteiger partial charge in [0.15, 0.2) is 0 Å². The largest absolute Gasteiger partial charge is 0.514 e. The number of hydrogen-bond donors (Lipinski definition) is 0. The topological polar surface area (TPSA) is 58.9 Å². The molecule has 0 spiro atoms. The van der Waals surface area contributed by atoms with Crippen LogP contribution in [0.1, 0.15) is 0 Å². The molecule has 0 aliphatic heterocycles. The maximum atomic E-state index is 11.2. The molecule has 6 nitrogen and oxygen atoms in total. The fourth-order valence-corrected chi connectivity index (χ4v) is 1.86. The van der Waals surface area contributed by atoms with Gasteiger partial charge in [-0.05, 0) is 0 Å². The summed E-state index contributed by atoms with van der Waals surface area (Å²) in [5.41, 5.74) is 0.829. The smallest absolute Gasteiger partial charge is 0.497 e. The van der Waals surface area contributed by atoms with Gasteiger partial charge in [0.2, 0.25) is 5.88 Å². The molecule has 0 amide bonds. The van der Waals surface area contributed by atoms with Crippen molar-refractivity contribution in [1.29, 1.82) is 0 Å². The second kappa shape index (κ2) is 5.09. The van der Waals surface area contributed by atoms with Gasteiger partial charge in [-0.25, -0.2) is 4.79 Å². The second-order valence-corrected chi connectivity index (χ2v) is 3.86. The van der Waals surface area contributed by atoms with Gasteiger partial charge in [-0.1, -0.05) is 0 Å². The van der Waals surface area contributed by atoms with Crippen LogP contribution in [0, 0.1) is 0 Å². The normalized spacial score (nSPS) is 10.3. The number of aromatic nitrogens is 1. The number of carbonyl (C=O) groups excluding carboxylic acids is 1. The summed E-state index contributed by atoms with van der Waals surface area (Å²) in [6.07, 6.45) is -0.767. The quantitative estimate of drug-likeness (QED) is 0.797. The zero-order chi connectivity index (χ0) is 14.0. The third kappa shape index (κ3) is 2.29. The summed E-state index contributed by atoms with van der Waals surface area (Å²) in [5, 5.41) is 0.824. The summed E-state index contributed by atoms with van der Waals surface area (Å²) in [6, 6.07) is 5.32. The lowest BCUT2D eigenvalue weighted by molar-refractivity contribution is 0.118. The number of carbonyl (C=O) groups is 1. The van der Waals surface area contributed by atoms with E-state index >= 15 is 0 Å². The molecule has 102 valence electrons. The van der Waals surface area contributed by atoms with Gasteiger partial charge in [0.05, 0.1) is 26.8 Å². The van der Waals surface area contributed by atoms with E-state index < -0.39 is 6.16 Å². The van der Waals surface area contributed by atoms with Gasteiger partial charge in [0.1, 0.15) is 11.5 Å². The first kappa shape index (κ1) is 13.1. The average Bonchev–Trinajstić information content (AvgIpc) is 2.74. The zero-order valence-corrected chi connectivity index (χ0v) is 11.2. The molecule has 2 aromatic rings. The average molecular weight is 265 g/mol. The molecule has 0 saturated heterocycles. The molecular formula is C13H15NO5. The highest BCUT2D eigenvalue weighted by molar-refractivity contribution is 5.90. The third-order valence-corrected chi connectivity index (χ3v) is 2.86. The predicted molar refractivity (Wildman–Crippen MR) is 69.1 cm³/mol. The Morgan fingerprint density at radius 3 is 2.42 bits per heavy atom. The van der Waals surface area contributed by atoms with E-state index in [-0.39, 0.29) is 0 Å². The minimum Gasteiger partial charge on any atom is -0.497 e. The lowest BCUT2D eigenvalue weighted by Crippen LogP contribution is -2.09. The van der Waals surface area contributed by atoms with Crippen molar-refractivity contribution in [3.8, 4) is 17.4 Å². The molecule has 0 bridgehead atoms. The Bertz CT molecular complexity index is 617. The summed E-state index contributed by atoms with van der Waals surface area (Å²) in [7, 11) is 6.19. The minimum atomic E-state index is -0.767. The predicted octanol–water partition coefficient (Wildman–Crippen LogP) is 2.34. The molecule has 1 aromatic heterocycles. The first-order chi connectivity index (χ1) is 9.10. The minimum absolute atomic E-state index is 0.369. The van der Waals surface area contributed by atoms with Crippen molar-refractivity contribution >= 4 is 17.1 Å². The monoisotopic (exact) mass is 265 g/mol. The Labute approximate surface area is 110 Å². The van der Waals surface area contributed by atoms with Gasteiger partial charge in [-0.3, -0.25) is 0 Å². The SMILES string of the molecule is COC(=O)Oc1cc2c(OC)cc(OC)cc2n1C. The van der Waals surface area contributed by atoms with Crippen molar-refractivity contribution in [2.24, 2.45) is 7.05 Å². The molecule has 1 heterocycles. The van der Waals surface area contributed by atoms with Crippen molar-refractivity contribution < 1.29 is 23.7 Å². The summed E-state index contributed by atoms with van der Waals surface area (Å²) in [5.74, 6) is 1.67. The van der Waals surface area contributed by atoms with E-state index in [1.165, 1.54) is 7.11 Å². The van der Waals surface area contributed by atoms with Crippen molar-refractivity contribution in [3.05, 3.63) is 18.2 Å². The third-order valence-electron chi connectivity index (χ3n) is 2.86. The summed E-state index contributed by atoms with van der Waals surface area (Å²) >= 11 is 0. The molecule has 19 heavy (non-hydrogen) atoms. The first-order valence-corrected chi connectivity index (χ1v) is 5.58. The highest BCUT2D eigenvalue weighted by Gasteiger charge is 2.15. The van der Waals surface area contributed by atoms with E-state index in [2.05, 4.69) is 4.74 Å². The molecule has 0 N–H and O–H groups in total. The van der Waals surface area contributed by atoms with Gasteiger partial charge in [0.25, 0.3) is 0 Å². The highest BCUT2D eigenvalue weighted by Crippen LogP contribution is 2.35. The van der Waals surface area contributed by atoms with E-state index in [0.29, 0.717) is 17.4 Å². The van der Waals surface area contributed by atoms with Crippen LogP contribution < -0.4 is 14.2 Å².